The van der Waals surface area contributed by atoms with Gasteiger partial charge in [0.25, 0.3) is 5.91 Å². The van der Waals surface area contributed by atoms with Crippen LogP contribution in [0.25, 0.3) is 0 Å². The molecule has 10 heteroatoms. The van der Waals surface area contributed by atoms with Gasteiger partial charge in [-0.1, -0.05) is 18.0 Å². The molecule has 3 atom stereocenters. The maximum Gasteiger partial charge on any atom is 0.274 e. The number of fused-ring (bicyclic) bond motifs is 2. The van der Waals surface area contributed by atoms with Crippen molar-refractivity contribution in [2.75, 3.05) is 5.32 Å². The van der Waals surface area contributed by atoms with E-state index in [2.05, 4.69) is 15.3 Å². The lowest BCUT2D eigenvalue weighted by Crippen LogP contribution is -2.57. The monoisotopic (exact) mass is 464 g/mol. The second-order valence-electron chi connectivity index (χ2n) is 8.15. The number of nitrogens with two attached hydrogens (primary N) is 1. The smallest absolute Gasteiger partial charge is 0.274 e. The normalized spacial score (nSPS) is 26.8. The van der Waals surface area contributed by atoms with Gasteiger partial charge < -0.3 is 11.1 Å². The summed E-state index contributed by atoms with van der Waals surface area (Å²) < 4.78 is 41.0. The van der Waals surface area contributed by atoms with Crippen LogP contribution in [0.15, 0.2) is 35.5 Å². The van der Waals surface area contributed by atoms with Crippen molar-refractivity contribution in [1.82, 2.24) is 4.98 Å². The SMILES string of the molecule is Cc1cc(Cl)cnc1C(=O)Nc1ccc(F)c([C@@]2(C)N=C(N)[C@@H]3CCC[C@@H]2S3(=O)=O)c1. The van der Waals surface area contributed by atoms with Gasteiger partial charge in [-0.2, -0.15) is 0 Å². The summed E-state index contributed by atoms with van der Waals surface area (Å²) in [7, 11) is -3.61. The van der Waals surface area contributed by atoms with Crippen molar-refractivity contribution in [3.8, 4) is 0 Å². The van der Waals surface area contributed by atoms with E-state index < -0.39 is 37.6 Å². The molecular weight excluding hydrogens is 443 g/mol. The molecule has 2 aromatic rings. The quantitative estimate of drug-likeness (QED) is 0.722. The molecule has 0 unspecified atom stereocenters. The van der Waals surface area contributed by atoms with Crippen LogP contribution < -0.4 is 11.1 Å². The number of hydrogen-bond donors (Lipinski definition) is 2. The summed E-state index contributed by atoms with van der Waals surface area (Å²) in [6, 6.07) is 5.62. The third-order valence-electron chi connectivity index (χ3n) is 6.07. The Morgan fingerprint density at radius 1 is 1.32 bits per heavy atom. The van der Waals surface area contributed by atoms with Crippen molar-refractivity contribution in [3.63, 3.8) is 0 Å². The number of amides is 1. The minimum Gasteiger partial charge on any atom is -0.386 e. The number of halogens is 2. The van der Waals surface area contributed by atoms with Gasteiger partial charge >= 0.3 is 0 Å². The van der Waals surface area contributed by atoms with E-state index in [9.17, 15) is 17.6 Å². The lowest BCUT2D eigenvalue weighted by Gasteiger charge is -2.44. The second-order valence-corrected chi connectivity index (χ2v) is 10.9. The molecule has 1 fully saturated rings. The Morgan fingerprint density at radius 3 is 2.77 bits per heavy atom. The van der Waals surface area contributed by atoms with Gasteiger partial charge in [-0.3, -0.25) is 9.79 Å². The van der Waals surface area contributed by atoms with Gasteiger partial charge in [0.05, 0.1) is 10.3 Å². The molecule has 31 heavy (non-hydrogen) atoms. The lowest BCUT2D eigenvalue weighted by molar-refractivity contribution is 0.102. The number of benzene rings is 1. The number of carbonyl (C=O) groups excluding carboxylic acids is 1. The minimum atomic E-state index is -3.61. The van der Waals surface area contributed by atoms with Crippen LogP contribution in [0.1, 0.15) is 47.8 Å². The number of sulfone groups is 1. The molecule has 1 saturated heterocycles. The summed E-state index contributed by atoms with van der Waals surface area (Å²) in [4.78, 5) is 21.2. The predicted octanol–water partition coefficient (Wildman–Crippen LogP) is 3.36. The van der Waals surface area contributed by atoms with Gasteiger partial charge in [0.15, 0.2) is 9.84 Å². The van der Waals surface area contributed by atoms with E-state index in [1.165, 1.54) is 24.4 Å². The van der Waals surface area contributed by atoms with Crippen LogP contribution in [0, 0.1) is 12.7 Å². The highest BCUT2D eigenvalue weighted by molar-refractivity contribution is 7.93. The van der Waals surface area contributed by atoms with Crippen LogP contribution in [0.5, 0.6) is 0 Å². The molecule has 7 nitrogen and oxygen atoms in total. The van der Waals surface area contributed by atoms with E-state index in [4.69, 9.17) is 17.3 Å². The first-order chi connectivity index (χ1) is 14.5. The molecular formula is C21H22ClFN4O3S. The van der Waals surface area contributed by atoms with Crippen LogP contribution >= 0.6 is 11.6 Å². The summed E-state index contributed by atoms with van der Waals surface area (Å²) in [5.74, 6) is -1.10. The predicted molar refractivity (Wildman–Crippen MR) is 118 cm³/mol. The number of amidine groups is 1. The molecule has 2 aliphatic rings. The summed E-state index contributed by atoms with van der Waals surface area (Å²) >= 11 is 5.89. The first-order valence-corrected chi connectivity index (χ1v) is 11.8. The third kappa shape index (κ3) is 3.59. The van der Waals surface area contributed by atoms with Crippen LogP contribution in [0.2, 0.25) is 5.02 Å². The molecule has 2 aliphatic heterocycles. The van der Waals surface area contributed by atoms with Gasteiger partial charge in [-0.25, -0.2) is 17.8 Å². The second kappa shape index (κ2) is 7.56. The third-order valence-corrected chi connectivity index (χ3v) is 9.04. The van der Waals surface area contributed by atoms with Crippen molar-refractivity contribution in [1.29, 1.82) is 0 Å². The Hall–Kier alpha value is -2.52. The first-order valence-electron chi connectivity index (χ1n) is 9.85. The average Bonchev–Trinajstić information content (AvgIpc) is 2.67. The molecule has 3 N–H and O–H groups in total. The summed E-state index contributed by atoms with van der Waals surface area (Å²) in [5, 5.41) is 1.40. The number of pyridine rings is 1. The van der Waals surface area contributed by atoms with E-state index in [-0.39, 0.29) is 17.1 Å². The summed E-state index contributed by atoms with van der Waals surface area (Å²) in [5.41, 5.74) is 5.75. The Bertz CT molecular complexity index is 1220. The molecule has 0 saturated carbocycles. The van der Waals surface area contributed by atoms with Crippen LogP contribution in [-0.2, 0) is 15.4 Å². The number of hydrogen-bond acceptors (Lipinski definition) is 6. The van der Waals surface area contributed by atoms with E-state index >= 15 is 0 Å². The highest BCUT2D eigenvalue weighted by Gasteiger charge is 2.54. The summed E-state index contributed by atoms with van der Waals surface area (Å²) in [6.45, 7) is 3.29. The largest absolute Gasteiger partial charge is 0.386 e. The van der Waals surface area contributed by atoms with Crippen LogP contribution in [-0.4, -0.2) is 35.6 Å². The van der Waals surface area contributed by atoms with Gasteiger partial charge in [0.2, 0.25) is 0 Å². The van der Waals surface area contributed by atoms with Crippen molar-refractivity contribution in [2.45, 2.75) is 49.1 Å². The number of carbonyl (C=O) groups is 1. The number of anilines is 1. The van der Waals surface area contributed by atoms with E-state index in [0.717, 1.165) is 0 Å². The van der Waals surface area contributed by atoms with Gasteiger partial charge in [-0.15, -0.1) is 0 Å². The Morgan fingerprint density at radius 2 is 2.06 bits per heavy atom. The Kier molecular flexibility index (Phi) is 5.29. The van der Waals surface area contributed by atoms with Gasteiger partial charge in [0, 0.05) is 17.4 Å². The Balaban J connectivity index is 1.74. The molecule has 1 amide bonds. The van der Waals surface area contributed by atoms with E-state index in [1.54, 1.807) is 19.9 Å². The number of nitrogens with zero attached hydrogens (tertiary/aromatic N) is 2. The number of aromatic nitrogens is 1. The molecule has 1 aromatic carbocycles. The molecule has 2 bridgehead atoms. The minimum absolute atomic E-state index is 0.00766. The van der Waals surface area contributed by atoms with Gasteiger partial charge in [-0.05, 0) is 56.5 Å². The summed E-state index contributed by atoms with van der Waals surface area (Å²) in [6.07, 6.45) is 2.83. The molecule has 4 rings (SSSR count). The number of rotatable bonds is 3. The van der Waals surface area contributed by atoms with Crippen LogP contribution in [0.3, 0.4) is 0 Å². The van der Waals surface area contributed by atoms with Crippen molar-refractivity contribution >= 4 is 38.9 Å². The lowest BCUT2D eigenvalue weighted by atomic mass is 9.84. The highest BCUT2D eigenvalue weighted by Crippen LogP contribution is 2.45. The topological polar surface area (TPSA) is 115 Å². The maximum atomic E-state index is 14.9. The number of aryl methyl sites for hydroxylation is 1. The fraction of sp³-hybridized carbons (Fsp3) is 0.381. The van der Waals surface area contributed by atoms with Crippen molar-refractivity contribution in [2.24, 2.45) is 10.7 Å². The van der Waals surface area contributed by atoms with Crippen molar-refractivity contribution in [3.05, 3.63) is 58.1 Å². The maximum absolute atomic E-state index is 14.9. The van der Waals surface area contributed by atoms with Gasteiger partial charge in [0.1, 0.15) is 28.1 Å². The zero-order valence-corrected chi connectivity index (χ0v) is 18.6. The molecule has 164 valence electrons. The fourth-order valence-electron chi connectivity index (χ4n) is 4.54. The molecule has 3 heterocycles. The molecule has 0 spiro atoms. The Labute approximate surface area is 184 Å². The first kappa shape index (κ1) is 21.7. The zero-order valence-electron chi connectivity index (χ0n) is 17.0. The van der Waals surface area contributed by atoms with E-state index in [0.29, 0.717) is 35.5 Å². The van der Waals surface area contributed by atoms with Crippen molar-refractivity contribution < 1.29 is 17.6 Å². The molecule has 0 radical (unpaired) electrons. The number of aliphatic imine (C=N–C) groups is 1. The van der Waals surface area contributed by atoms with E-state index in [1.807, 2.05) is 0 Å². The average molecular weight is 465 g/mol. The zero-order chi connectivity index (χ0) is 22.6. The highest BCUT2D eigenvalue weighted by atomic mass is 35.5. The molecule has 0 aliphatic carbocycles. The van der Waals surface area contributed by atoms with Crippen LogP contribution in [0.4, 0.5) is 10.1 Å². The standard InChI is InChI=1S/C21H22ClFN4O3S/c1-11-8-12(22)10-25-18(11)20(28)26-13-6-7-15(23)14(9-13)21(2)17-5-3-4-16(19(24)27-21)31(17,29)30/h6-10,16-17H,3-5H2,1-2H3,(H2,24,27)(H,26,28)/t16-,17-,21+/m0/s1. The number of nitrogens with one attached hydrogen (secondary N) is 1. The fourth-order valence-corrected chi connectivity index (χ4v) is 7.35. The molecule has 1 aromatic heterocycles.